The van der Waals surface area contributed by atoms with Crippen LogP contribution in [0.5, 0.6) is 0 Å². The van der Waals surface area contributed by atoms with Crippen LogP contribution in [0, 0.1) is 0 Å². The lowest BCUT2D eigenvalue weighted by Gasteiger charge is -2.18. The van der Waals surface area contributed by atoms with E-state index in [-0.39, 0.29) is 13.2 Å². The van der Waals surface area contributed by atoms with Crippen molar-refractivity contribution in [3.05, 3.63) is 42.1 Å². The molecule has 5 nitrogen and oxygen atoms in total. The molecule has 0 aliphatic rings. The molecular weight excluding hydrogens is 335 g/mol. The molecule has 25 heavy (non-hydrogen) atoms. The van der Waals surface area contributed by atoms with Gasteiger partial charge < -0.3 is 20.4 Å². The quantitative estimate of drug-likeness (QED) is 0.743. The number of aliphatic hydroxyl groups is 2. The predicted molar refractivity (Wildman–Crippen MR) is 90.6 cm³/mol. The number of halogens is 3. The standard InChI is InChI=1S/C17H20F3N3O2/c1-23(2)16-15(7-12(8-22-16)17(18,19)20)11-3-5-13(6-4-11)21-9-14(25)10-24/h3-8,14,21,24-25H,9-10H2,1-2H3. The lowest BCUT2D eigenvalue weighted by atomic mass is 10.0. The normalized spacial score (nSPS) is 12.8. The van der Waals surface area contributed by atoms with Crippen LogP contribution in [-0.4, -0.2) is 48.5 Å². The molecule has 1 unspecified atom stereocenters. The molecule has 0 amide bonds. The highest BCUT2D eigenvalue weighted by Gasteiger charge is 2.32. The molecule has 0 aliphatic heterocycles. The number of aromatic nitrogens is 1. The molecule has 0 saturated heterocycles. The smallest absolute Gasteiger partial charge is 0.394 e. The molecule has 1 atom stereocenters. The summed E-state index contributed by atoms with van der Waals surface area (Å²) < 4.78 is 38.9. The average molecular weight is 355 g/mol. The van der Waals surface area contributed by atoms with E-state index >= 15 is 0 Å². The number of pyridine rings is 1. The minimum atomic E-state index is -4.46. The number of nitrogens with zero attached hydrogens (tertiary/aromatic N) is 2. The van der Waals surface area contributed by atoms with E-state index in [2.05, 4.69) is 10.3 Å². The summed E-state index contributed by atoms with van der Waals surface area (Å²) in [4.78, 5) is 5.60. The first-order chi connectivity index (χ1) is 11.7. The number of hydrogen-bond donors (Lipinski definition) is 3. The van der Waals surface area contributed by atoms with Crippen molar-refractivity contribution in [2.45, 2.75) is 12.3 Å². The van der Waals surface area contributed by atoms with Gasteiger partial charge in [0.05, 0.1) is 18.3 Å². The Hall–Kier alpha value is -2.32. The molecule has 0 radical (unpaired) electrons. The second-order valence-corrected chi connectivity index (χ2v) is 5.78. The third-order valence-electron chi connectivity index (χ3n) is 3.57. The molecule has 2 rings (SSSR count). The molecule has 2 aromatic rings. The van der Waals surface area contributed by atoms with Crippen LogP contribution in [0.3, 0.4) is 0 Å². The molecule has 0 aliphatic carbocycles. The maximum absolute atomic E-state index is 13.0. The second-order valence-electron chi connectivity index (χ2n) is 5.78. The van der Waals surface area contributed by atoms with Crippen LogP contribution in [-0.2, 0) is 6.18 Å². The summed E-state index contributed by atoms with van der Waals surface area (Å²) in [5.41, 5.74) is 0.848. The van der Waals surface area contributed by atoms with E-state index in [1.807, 2.05) is 0 Å². The van der Waals surface area contributed by atoms with E-state index in [0.717, 1.165) is 12.3 Å². The molecule has 3 N–H and O–H groups in total. The number of alkyl halides is 3. The molecule has 136 valence electrons. The van der Waals surface area contributed by atoms with Crippen LogP contribution in [0.25, 0.3) is 11.1 Å². The van der Waals surface area contributed by atoms with Gasteiger partial charge in [-0.2, -0.15) is 13.2 Å². The summed E-state index contributed by atoms with van der Waals surface area (Å²) in [6.45, 7) is -0.183. The largest absolute Gasteiger partial charge is 0.417 e. The number of hydrogen-bond acceptors (Lipinski definition) is 5. The van der Waals surface area contributed by atoms with Crippen molar-refractivity contribution >= 4 is 11.5 Å². The van der Waals surface area contributed by atoms with E-state index in [9.17, 15) is 18.3 Å². The van der Waals surface area contributed by atoms with Gasteiger partial charge in [-0.15, -0.1) is 0 Å². The van der Waals surface area contributed by atoms with Crippen molar-refractivity contribution in [3.8, 4) is 11.1 Å². The lowest BCUT2D eigenvalue weighted by molar-refractivity contribution is -0.137. The third kappa shape index (κ3) is 4.83. The molecule has 0 spiro atoms. The van der Waals surface area contributed by atoms with E-state index < -0.39 is 17.8 Å². The van der Waals surface area contributed by atoms with Gasteiger partial charge in [-0.05, 0) is 23.8 Å². The fraction of sp³-hybridized carbons (Fsp3) is 0.353. The number of anilines is 2. The molecule has 8 heteroatoms. The Labute approximate surface area is 143 Å². The number of benzene rings is 1. The number of aliphatic hydroxyl groups excluding tert-OH is 2. The molecule has 0 fully saturated rings. The molecule has 1 aromatic heterocycles. The summed E-state index contributed by atoms with van der Waals surface area (Å²) in [5.74, 6) is 0.435. The number of nitrogens with one attached hydrogen (secondary N) is 1. The van der Waals surface area contributed by atoms with Crippen molar-refractivity contribution in [1.82, 2.24) is 4.98 Å². The SMILES string of the molecule is CN(C)c1ncc(C(F)(F)F)cc1-c1ccc(NCC(O)CO)cc1. The highest BCUT2D eigenvalue weighted by atomic mass is 19.4. The van der Waals surface area contributed by atoms with Crippen LogP contribution in [0.4, 0.5) is 24.7 Å². The van der Waals surface area contributed by atoms with Crippen molar-refractivity contribution in [2.24, 2.45) is 0 Å². The second kappa shape index (κ2) is 7.71. The first-order valence-electron chi connectivity index (χ1n) is 7.60. The van der Waals surface area contributed by atoms with Crippen LogP contribution >= 0.6 is 0 Å². The van der Waals surface area contributed by atoms with Crippen molar-refractivity contribution in [3.63, 3.8) is 0 Å². The van der Waals surface area contributed by atoms with Crippen molar-refractivity contribution < 1.29 is 23.4 Å². The minimum absolute atomic E-state index is 0.171. The van der Waals surface area contributed by atoms with Gasteiger partial charge >= 0.3 is 6.18 Å². The maximum Gasteiger partial charge on any atom is 0.417 e. The van der Waals surface area contributed by atoms with Gasteiger partial charge in [0.1, 0.15) is 5.82 Å². The Bertz CT molecular complexity index is 703. The van der Waals surface area contributed by atoms with Crippen molar-refractivity contribution in [1.29, 1.82) is 0 Å². The van der Waals surface area contributed by atoms with Gasteiger partial charge in [-0.3, -0.25) is 0 Å². The van der Waals surface area contributed by atoms with E-state index in [0.29, 0.717) is 22.6 Å². The van der Waals surface area contributed by atoms with Gasteiger partial charge in [-0.1, -0.05) is 12.1 Å². The third-order valence-corrected chi connectivity index (χ3v) is 3.57. The van der Waals surface area contributed by atoms with Crippen LogP contribution < -0.4 is 10.2 Å². The zero-order valence-corrected chi connectivity index (χ0v) is 13.9. The van der Waals surface area contributed by atoms with Gasteiger partial charge in [0.15, 0.2) is 0 Å². The first kappa shape index (κ1) is 19.0. The van der Waals surface area contributed by atoms with Gasteiger partial charge in [0.25, 0.3) is 0 Å². The Balaban J connectivity index is 2.33. The summed E-state index contributed by atoms with van der Waals surface area (Å²) in [6.07, 6.45) is -4.52. The van der Waals surface area contributed by atoms with E-state index in [1.165, 1.54) is 0 Å². The minimum Gasteiger partial charge on any atom is -0.394 e. The van der Waals surface area contributed by atoms with Gasteiger partial charge in [0, 0.05) is 38.1 Å². The summed E-state index contributed by atoms with van der Waals surface area (Å²) in [6, 6.07) is 7.83. The Morgan fingerprint density at radius 2 is 1.84 bits per heavy atom. The van der Waals surface area contributed by atoms with E-state index in [1.54, 1.807) is 43.3 Å². The van der Waals surface area contributed by atoms with Gasteiger partial charge in [0.2, 0.25) is 0 Å². The molecule has 0 saturated carbocycles. The lowest BCUT2D eigenvalue weighted by Crippen LogP contribution is -2.22. The molecule has 1 aromatic carbocycles. The Morgan fingerprint density at radius 1 is 1.20 bits per heavy atom. The fourth-order valence-corrected chi connectivity index (χ4v) is 2.25. The summed E-state index contributed by atoms with van der Waals surface area (Å²) in [7, 11) is 3.43. The maximum atomic E-state index is 13.0. The van der Waals surface area contributed by atoms with Gasteiger partial charge in [-0.25, -0.2) is 4.98 Å². The Morgan fingerprint density at radius 3 is 2.36 bits per heavy atom. The van der Waals surface area contributed by atoms with Crippen LogP contribution in [0.2, 0.25) is 0 Å². The van der Waals surface area contributed by atoms with Crippen LogP contribution in [0.15, 0.2) is 36.5 Å². The number of rotatable bonds is 6. The highest BCUT2D eigenvalue weighted by molar-refractivity contribution is 5.77. The van der Waals surface area contributed by atoms with E-state index in [4.69, 9.17) is 5.11 Å². The molecule has 1 heterocycles. The average Bonchev–Trinajstić information content (AvgIpc) is 2.58. The highest BCUT2D eigenvalue weighted by Crippen LogP contribution is 2.35. The predicted octanol–water partition coefficient (Wildman–Crippen LogP) is 2.60. The summed E-state index contributed by atoms with van der Waals surface area (Å²) >= 11 is 0. The first-order valence-corrected chi connectivity index (χ1v) is 7.60. The fourth-order valence-electron chi connectivity index (χ4n) is 2.25. The summed E-state index contributed by atoms with van der Waals surface area (Å²) in [5, 5.41) is 21.0. The topological polar surface area (TPSA) is 68.6 Å². The zero-order chi connectivity index (χ0) is 18.6. The van der Waals surface area contributed by atoms with Crippen molar-refractivity contribution in [2.75, 3.05) is 37.5 Å². The Kier molecular flexibility index (Phi) is 5.86. The monoisotopic (exact) mass is 355 g/mol. The van der Waals surface area contributed by atoms with Crippen LogP contribution in [0.1, 0.15) is 5.56 Å². The molecule has 0 bridgehead atoms. The zero-order valence-electron chi connectivity index (χ0n) is 13.9. The molecular formula is C17H20F3N3O2.